The van der Waals surface area contributed by atoms with Crippen LogP contribution in [-0.2, 0) is 32.2 Å². The molecule has 0 saturated carbocycles. The molecule has 1 unspecified atom stereocenters. The van der Waals surface area contributed by atoms with Crippen LogP contribution in [0.25, 0.3) is 10.9 Å². The smallest absolute Gasteiger partial charge is 0.349 e. The fraction of sp³-hybridized carbons (Fsp3) is 0.367. The lowest BCUT2D eigenvalue weighted by atomic mass is 10.0. The van der Waals surface area contributed by atoms with E-state index in [9.17, 15) is 18.0 Å². The van der Waals surface area contributed by atoms with Crippen LogP contribution in [0.15, 0.2) is 65.6 Å². The van der Waals surface area contributed by atoms with E-state index in [2.05, 4.69) is 33.4 Å². The lowest BCUT2D eigenvalue weighted by Crippen LogP contribution is -2.38. The minimum absolute atomic E-state index is 0.0838. The summed E-state index contributed by atoms with van der Waals surface area (Å²) < 4.78 is 40.3. The molecular weight excluding hydrogens is 503 g/mol. The van der Waals surface area contributed by atoms with E-state index in [0.29, 0.717) is 43.1 Å². The predicted octanol–water partition coefficient (Wildman–Crippen LogP) is 6.59. The molecule has 0 saturated heterocycles. The third kappa shape index (κ3) is 6.30. The Kier molecular flexibility index (Phi) is 8.70. The fourth-order valence-electron chi connectivity index (χ4n) is 4.82. The minimum atomic E-state index is -4.38. The van der Waals surface area contributed by atoms with Crippen LogP contribution in [0.4, 0.5) is 19.1 Å². The zero-order valence-electron chi connectivity index (χ0n) is 22.7. The van der Waals surface area contributed by atoms with Crippen molar-refractivity contribution in [2.45, 2.75) is 66.0 Å². The van der Waals surface area contributed by atoms with Crippen molar-refractivity contribution in [2.75, 3.05) is 11.9 Å². The van der Waals surface area contributed by atoms with Gasteiger partial charge in [0.15, 0.2) is 0 Å². The van der Waals surface area contributed by atoms with E-state index in [-0.39, 0.29) is 11.6 Å². The van der Waals surface area contributed by atoms with Gasteiger partial charge in [-0.25, -0.2) is 4.98 Å². The highest BCUT2D eigenvalue weighted by atomic mass is 19.4. The van der Waals surface area contributed by atoms with Gasteiger partial charge >= 0.3 is 6.18 Å². The van der Waals surface area contributed by atoms with E-state index in [4.69, 9.17) is 4.98 Å². The highest BCUT2D eigenvalue weighted by molar-refractivity contribution is 5.78. The largest absolute Gasteiger partial charge is 0.416 e. The third-order valence-electron chi connectivity index (χ3n) is 6.87. The Morgan fingerprint density at radius 3 is 2.51 bits per heavy atom. The van der Waals surface area contributed by atoms with E-state index in [1.54, 1.807) is 10.8 Å². The molecule has 39 heavy (non-hydrogen) atoms. The first-order valence-corrected chi connectivity index (χ1v) is 13.3. The molecule has 0 bridgehead atoms. The average molecular weight is 538 g/mol. The molecule has 0 fully saturated rings. The highest BCUT2D eigenvalue weighted by Gasteiger charge is 2.30. The van der Waals surface area contributed by atoms with Crippen LogP contribution in [-0.4, -0.2) is 26.0 Å². The minimum Gasteiger partial charge on any atom is -0.349 e. The first-order chi connectivity index (χ1) is 18.7. The second-order valence-electron chi connectivity index (χ2n) is 9.39. The van der Waals surface area contributed by atoms with Gasteiger partial charge in [-0.2, -0.15) is 13.2 Å². The molecule has 206 valence electrons. The van der Waals surface area contributed by atoms with Gasteiger partial charge in [-0.05, 0) is 49.2 Å². The molecule has 4 aromatic rings. The monoisotopic (exact) mass is 537 g/mol. The Labute approximate surface area is 226 Å². The molecule has 0 aliphatic carbocycles. The molecule has 2 aromatic heterocycles. The number of pyridine rings is 1. The molecule has 5 rings (SSSR count). The maximum Gasteiger partial charge on any atom is 0.416 e. The van der Waals surface area contributed by atoms with Crippen molar-refractivity contribution >= 4 is 16.9 Å². The van der Waals surface area contributed by atoms with E-state index in [0.717, 1.165) is 40.8 Å². The summed E-state index contributed by atoms with van der Waals surface area (Å²) in [5, 5.41) is 4.34. The van der Waals surface area contributed by atoms with Gasteiger partial charge in [0.25, 0.3) is 5.56 Å². The number of fused-ring (bicyclic) bond motifs is 2. The Morgan fingerprint density at radius 2 is 1.82 bits per heavy atom. The summed E-state index contributed by atoms with van der Waals surface area (Å²) in [5.74, 6) is 0.438. The molecule has 0 amide bonds. The molecular formula is C30H34F3N5O. The molecule has 0 spiro atoms. The van der Waals surface area contributed by atoms with E-state index in [1.807, 2.05) is 39.8 Å². The van der Waals surface area contributed by atoms with Crippen LogP contribution in [0.2, 0.25) is 0 Å². The van der Waals surface area contributed by atoms with Gasteiger partial charge in [0.2, 0.25) is 5.95 Å². The van der Waals surface area contributed by atoms with Gasteiger partial charge in [-0.15, -0.1) is 0 Å². The Hall–Kier alpha value is -3.72. The SMILES string of the molecule is CC.CCn1c(NC(C)c2ccc(C(F)(F)F)cc2)nc2c(c1=O)CN(Cc1ccc3cccnc3c1)CC2. The van der Waals surface area contributed by atoms with Gasteiger partial charge in [0, 0.05) is 44.2 Å². The second kappa shape index (κ2) is 12.0. The number of rotatable bonds is 6. The number of hydrogen-bond acceptors (Lipinski definition) is 5. The topological polar surface area (TPSA) is 63.1 Å². The molecule has 1 atom stereocenters. The van der Waals surface area contributed by atoms with Crippen molar-refractivity contribution in [3.05, 3.63) is 99.1 Å². The first kappa shape index (κ1) is 28.3. The van der Waals surface area contributed by atoms with Crippen LogP contribution in [0, 0.1) is 0 Å². The van der Waals surface area contributed by atoms with Gasteiger partial charge in [-0.1, -0.05) is 44.2 Å². The summed E-state index contributed by atoms with van der Waals surface area (Å²) in [6.45, 7) is 10.1. The zero-order chi connectivity index (χ0) is 28.2. The van der Waals surface area contributed by atoms with Crippen LogP contribution in [0.3, 0.4) is 0 Å². The summed E-state index contributed by atoms with van der Waals surface area (Å²) in [7, 11) is 0. The maximum absolute atomic E-state index is 13.4. The van der Waals surface area contributed by atoms with Gasteiger partial charge in [-0.3, -0.25) is 19.2 Å². The standard InChI is InChI=1S/C28H28F3N5O.C2H6/c1-3-36-26(37)23-17-35(16-19-6-7-21-5-4-13-32-25(21)15-19)14-12-24(23)34-27(36)33-18(2)20-8-10-22(11-9-20)28(29,30)31;1-2/h4-11,13,15,18H,3,12,14,16-17H2,1-2H3,(H,33,34);1-2H3. The number of benzene rings is 2. The summed E-state index contributed by atoms with van der Waals surface area (Å²) in [6, 6.07) is 14.9. The van der Waals surface area contributed by atoms with Crippen molar-refractivity contribution in [1.82, 2.24) is 19.4 Å². The quantitative estimate of drug-likeness (QED) is 0.301. The molecule has 1 aliphatic heterocycles. The van der Waals surface area contributed by atoms with Crippen LogP contribution in [0.5, 0.6) is 0 Å². The van der Waals surface area contributed by atoms with Crippen molar-refractivity contribution in [3.8, 4) is 0 Å². The second-order valence-corrected chi connectivity index (χ2v) is 9.39. The van der Waals surface area contributed by atoms with Crippen LogP contribution >= 0.6 is 0 Å². The number of nitrogens with one attached hydrogen (secondary N) is 1. The fourth-order valence-corrected chi connectivity index (χ4v) is 4.82. The lowest BCUT2D eigenvalue weighted by molar-refractivity contribution is -0.137. The Morgan fingerprint density at radius 1 is 1.08 bits per heavy atom. The Balaban J connectivity index is 0.00000172. The third-order valence-corrected chi connectivity index (χ3v) is 6.87. The van der Waals surface area contributed by atoms with E-state index >= 15 is 0 Å². The molecule has 1 N–H and O–H groups in total. The summed E-state index contributed by atoms with van der Waals surface area (Å²) in [5.41, 5.74) is 3.46. The van der Waals surface area contributed by atoms with Gasteiger partial charge in [0.05, 0.1) is 28.4 Å². The first-order valence-electron chi connectivity index (χ1n) is 13.3. The average Bonchev–Trinajstić information content (AvgIpc) is 2.94. The summed E-state index contributed by atoms with van der Waals surface area (Å²) in [4.78, 5) is 24.9. The molecule has 2 aromatic carbocycles. The molecule has 1 aliphatic rings. The van der Waals surface area contributed by atoms with E-state index in [1.165, 1.54) is 12.1 Å². The van der Waals surface area contributed by atoms with E-state index < -0.39 is 11.7 Å². The van der Waals surface area contributed by atoms with Crippen molar-refractivity contribution < 1.29 is 13.2 Å². The van der Waals surface area contributed by atoms with Crippen molar-refractivity contribution in [2.24, 2.45) is 0 Å². The summed E-state index contributed by atoms with van der Waals surface area (Å²) in [6.07, 6.45) is -1.95. The number of nitrogens with zero attached hydrogens (tertiary/aromatic N) is 4. The van der Waals surface area contributed by atoms with Gasteiger partial charge in [0.1, 0.15) is 0 Å². The van der Waals surface area contributed by atoms with Gasteiger partial charge < -0.3 is 5.32 Å². The number of alkyl halides is 3. The summed E-state index contributed by atoms with van der Waals surface area (Å²) >= 11 is 0. The maximum atomic E-state index is 13.4. The number of aromatic nitrogens is 3. The molecule has 3 heterocycles. The highest BCUT2D eigenvalue weighted by Crippen LogP contribution is 2.30. The molecule has 6 nitrogen and oxygen atoms in total. The van der Waals surface area contributed by atoms with Crippen molar-refractivity contribution in [1.29, 1.82) is 0 Å². The number of halogens is 3. The molecule has 0 radical (unpaired) electrons. The Bertz CT molecular complexity index is 1480. The van der Waals surface area contributed by atoms with Crippen molar-refractivity contribution in [3.63, 3.8) is 0 Å². The molecule has 9 heteroatoms. The van der Waals surface area contributed by atoms with Crippen LogP contribution < -0.4 is 10.9 Å². The normalized spacial score (nSPS) is 14.3. The number of anilines is 1. The lowest BCUT2D eigenvalue weighted by Gasteiger charge is -2.29. The predicted molar refractivity (Wildman–Crippen MR) is 149 cm³/mol. The zero-order valence-corrected chi connectivity index (χ0v) is 22.7. The van der Waals surface area contributed by atoms with Crippen LogP contribution in [0.1, 0.15) is 61.7 Å². The number of hydrogen-bond donors (Lipinski definition) is 1.